The molecule has 2 rings (SSSR count). The van der Waals surface area contributed by atoms with Gasteiger partial charge in [-0.15, -0.1) is 0 Å². The smallest absolute Gasteiger partial charge is 0.251 e. The summed E-state index contributed by atoms with van der Waals surface area (Å²) in [7, 11) is 1.62. The molecule has 0 saturated carbocycles. The standard InChI is InChI=1S/C19H23ClN4O/c1-3-22-19(24-13-15-5-4-6-17(20)11-15)23-12-14-7-9-16(10-8-14)18(25)21-2/h4-11H,3,12-13H2,1-2H3,(H,21,25)(H2,22,23,24). The highest BCUT2D eigenvalue weighted by Crippen LogP contribution is 2.11. The Hall–Kier alpha value is -2.53. The minimum atomic E-state index is -0.0871. The first-order valence-corrected chi connectivity index (χ1v) is 8.57. The zero-order valence-corrected chi connectivity index (χ0v) is 15.2. The number of carbonyl (C=O) groups excluding carboxylic acids is 1. The van der Waals surface area contributed by atoms with Crippen molar-refractivity contribution in [3.05, 3.63) is 70.2 Å². The molecular weight excluding hydrogens is 336 g/mol. The lowest BCUT2D eigenvalue weighted by Crippen LogP contribution is -2.36. The lowest BCUT2D eigenvalue weighted by molar-refractivity contribution is 0.0963. The van der Waals surface area contributed by atoms with E-state index in [1.54, 1.807) is 7.05 Å². The molecule has 5 nitrogen and oxygen atoms in total. The molecule has 0 spiro atoms. The maximum atomic E-state index is 11.6. The molecule has 3 N–H and O–H groups in total. The van der Waals surface area contributed by atoms with Gasteiger partial charge in [-0.2, -0.15) is 0 Å². The maximum absolute atomic E-state index is 11.6. The quantitative estimate of drug-likeness (QED) is 0.549. The van der Waals surface area contributed by atoms with Crippen molar-refractivity contribution < 1.29 is 4.79 Å². The van der Waals surface area contributed by atoms with Crippen LogP contribution in [0.1, 0.15) is 28.4 Å². The predicted molar refractivity (Wildman–Crippen MR) is 103 cm³/mol. The van der Waals surface area contributed by atoms with Crippen molar-refractivity contribution in [3.63, 3.8) is 0 Å². The number of nitrogens with one attached hydrogen (secondary N) is 3. The van der Waals surface area contributed by atoms with Crippen LogP contribution in [0.2, 0.25) is 5.02 Å². The van der Waals surface area contributed by atoms with E-state index < -0.39 is 0 Å². The molecule has 2 aromatic rings. The number of nitrogens with zero attached hydrogens (tertiary/aromatic N) is 1. The van der Waals surface area contributed by atoms with Crippen LogP contribution in [0.25, 0.3) is 0 Å². The Bertz CT molecular complexity index is 728. The molecule has 0 radical (unpaired) electrons. The maximum Gasteiger partial charge on any atom is 0.251 e. The monoisotopic (exact) mass is 358 g/mol. The zero-order valence-electron chi connectivity index (χ0n) is 14.5. The SMILES string of the molecule is CCNC(=NCc1cccc(Cl)c1)NCc1ccc(C(=O)NC)cc1. The summed E-state index contributed by atoms with van der Waals surface area (Å²) in [5.74, 6) is 0.647. The van der Waals surface area contributed by atoms with Crippen LogP contribution < -0.4 is 16.0 Å². The van der Waals surface area contributed by atoms with Crippen molar-refractivity contribution in [1.82, 2.24) is 16.0 Å². The molecule has 0 heterocycles. The first kappa shape index (κ1) is 18.8. The summed E-state index contributed by atoms with van der Waals surface area (Å²) in [6, 6.07) is 15.2. The molecule has 132 valence electrons. The Labute approximate surface area is 153 Å². The summed E-state index contributed by atoms with van der Waals surface area (Å²) in [4.78, 5) is 16.1. The average Bonchev–Trinajstić information content (AvgIpc) is 2.64. The molecule has 25 heavy (non-hydrogen) atoms. The Morgan fingerprint density at radius 3 is 2.48 bits per heavy atom. The number of hydrogen-bond acceptors (Lipinski definition) is 2. The largest absolute Gasteiger partial charge is 0.357 e. The predicted octanol–water partition coefficient (Wildman–Crippen LogP) is 2.95. The Kier molecular flexibility index (Phi) is 7.29. The van der Waals surface area contributed by atoms with E-state index in [0.29, 0.717) is 23.7 Å². The van der Waals surface area contributed by atoms with Gasteiger partial charge in [0.2, 0.25) is 0 Å². The number of carbonyl (C=O) groups is 1. The first-order valence-electron chi connectivity index (χ1n) is 8.20. The summed E-state index contributed by atoms with van der Waals surface area (Å²) >= 11 is 6.00. The van der Waals surface area contributed by atoms with Crippen molar-refractivity contribution in [2.24, 2.45) is 4.99 Å². The van der Waals surface area contributed by atoms with E-state index in [0.717, 1.165) is 23.6 Å². The number of hydrogen-bond donors (Lipinski definition) is 3. The van der Waals surface area contributed by atoms with Gasteiger partial charge in [-0.3, -0.25) is 4.79 Å². The van der Waals surface area contributed by atoms with E-state index in [1.807, 2.05) is 55.5 Å². The van der Waals surface area contributed by atoms with Crippen molar-refractivity contribution in [2.45, 2.75) is 20.0 Å². The van der Waals surface area contributed by atoms with E-state index in [9.17, 15) is 4.79 Å². The Morgan fingerprint density at radius 1 is 1.08 bits per heavy atom. The summed E-state index contributed by atoms with van der Waals surface area (Å²) < 4.78 is 0. The molecule has 0 bridgehead atoms. The third-order valence-corrected chi connectivity index (χ3v) is 3.79. The molecule has 0 saturated heterocycles. The molecular formula is C19H23ClN4O. The number of halogens is 1. The molecule has 2 aromatic carbocycles. The second kappa shape index (κ2) is 9.69. The van der Waals surface area contributed by atoms with Crippen molar-refractivity contribution in [3.8, 4) is 0 Å². The molecule has 0 atom stereocenters. The fourth-order valence-electron chi connectivity index (χ4n) is 2.25. The van der Waals surface area contributed by atoms with Crippen molar-refractivity contribution in [1.29, 1.82) is 0 Å². The molecule has 0 fully saturated rings. The van der Waals surface area contributed by atoms with Gasteiger partial charge in [-0.25, -0.2) is 4.99 Å². The van der Waals surface area contributed by atoms with E-state index in [-0.39, 0.29) is 5.91 Å². The number of aliphatic imine (C=N–C) groups is 1. The molecule has 6 heteroatoms. The van der Waals surface area contributed by atoms with Gasteiger partial charge in [0.1, 0.15) is 0 Å². The van der Waals surface area contributed by atoms with Crippen LogP contribution in [-0.4, -0.2) is 25.5 Å². The van der Waals surface area contributed by atoms with Gasteiger partial charge in [-0.1, -0.05) is 35.9 Å². The molecule has 1 amide bonds. The van der Waals surface area contributed by atoms with Gasteiger partial charge in [-0.05, 0) is 42.3 Å². The Balaban J connectivity index is 1.96. The fourth-order valence-corrected chi connectivity index (χ4v) is 2.46. The van der Waals surface area contributed by atoms with Gasteiger partial charge in [0.15, 0.2) is 5.96 Å². The van der Waals surface area contributed by atoms with E-state index >= 15 is 0 Å². The number of amides is 1. The minimum Gasteiger partial charge on any atom is -0.357 e. The number of guanidine groups is 1. The van der Waals surface area contributed by atoms with Crippen LogP contribution in [0.15, 0.2) is 53.5 Å². The Morgan fingerprint density at radius 2 is 1.84 bits per heavy atom. The molecule has 0 aliphatic rings. The molecule has 0 aliphatic carbocycles. The lowest BCUT2D eigenvalue weighted by Gasteiger charge is -2.12. The second-order valence-corrected chi connectivity index (χ2v) is 5.89. The van der Waals surface area contributed by atoms with Crippen molar-refractivity contribution in [2.75, 3.05) is 13.6 Å². The third kappa shape index (κ3) is 6.12. The van der Waals surface area contributed by atoms with Crippen molar-refractivity contribution >= 4 is 23.5 Å². The van der Waals surface area contributed by atoms with Gasteiger partial charge in [0, 0.05) is 30.7 Å². The summed E-state index contributed by atoms with van der Waals surface area (Å²) in [6.45, 7) is 3.96. The van der Waals surface area contributed by atoms with Crippen LogP contribution in [-0.2, 0) is 13.1 Å². The average molecular weight is 359 g/mol. The van der Waals surface area contributed by atoms with Crippen LogP contribution in [0, 0.1) is 0 Å². The van der Waals surface area contributed by atoms with E-state index in [2.05, 4.69) is 20.9 Å². The second-order valence-electron chi connectivity index (χ2n) is 5.45. The van der Waals surface area contributed by atoms with Gasteiger partial charge in [0.05, 0.1) is 6.54 Å². The van der Waals surface area contributed by atoms with Crippen LogP contribution >= 0.6 is 11.6 Å². The first-order chi connectivity index (χ1) is 12.1. The summed E-state index contributed by atoms with van der Waals surface area (Å²) in [5.41, 5.74) is 2.77. The summed E-state index contributed by atoms with van der Waals surface area (Å²) in [5, 5.41) is 9.83. The lowest BCUT2D eigenvalue weighted by atomic mass is 10.1. The van der Waals surface area contributed by atoms with Gasteiger partial charge >= 0.3 is 0 Å². The topological polar surface area (TPSA) is 65.5 Å². The fraction of sp³-hybridized carbons (Fsp3) is 0.263. The molecule has 0 unspecified atom stereocenters. The minimum absolute atomic E-state index is 0.0871. The molecule has 0 aliphatic heterocycles. The summed E-state index contributed by atoms with van der Waals surface area (Å²) in [6.07, 6.45) is 0. The highest BCUT2D eigenvalue weighted by atomic mass is 35.5. The van der Waals surface area contributed by atoms with Crippen LogP contribution in [0.3, 0.4) is 0 Å². The highest BCUT2D eigenvalue weighted by Gasteiger charge is 2.03. The van der Waals surface area contributed by atoms with Gasteiger partial charge in [0.25, 0.3) is 5.91 Å². The van der Waals surface area contributed by atoms with E-state index in [1.165, 1.54) is 0 Å². The van der Waals surface area contributed by atoms with E-state index in [4.69, 9.17) is 11.6 Å². The van der Waals surface area contributed by atoms with Gasteiger partial charge < -0.3 is 16.0 Å². The molecule has 0 aromatic heterocycles. The number of rotatable bonds is 6. The normalized spacial score (nSPS) is 11.1. The van der Waals surface area contributed by atoms with Crippen LogP contribution in [0.5, 0.6) is 0 Å². The number of benzene rings is 2. The van der Waals surface area contributed by atoms with Crippen LogP contribution in [0.4, 0.5) is 0 Å². The third-order valence-electron chi connectivity index (χ3n) is 3.56. The zero-order chi connectivity index (χ0) is 18.1. The highest BCUT2D eigenvalue weighted by molar-refractivity contribution is 6.30.